The van der Waals surface area contributed by atoms with Crippen molar-refractivity contribution in [1.82, 2.24) is 9.97 Å². The maximum atomic E-state index is 12.4. The van der Waals surface area contributed by atoms with Crippen LogP contribution in [0.4, 0.5) is 18.9 Å². The number of pyridine rings is 2. The number of halogens is 3. The number of thioether (sulfide) groups is 1. The average Bonchev–Trinajstić information content (AvgIpc) is 2.72. The molecule has 0 aliphatic rings. The summed E-state index contributed by atoms with van der Waals surface area (Å²) in [5.41, 5.74) is 1.52. The van der Waals surface area contributed by atoms with E-state index in [0.717, 1.165) is 16.2 Å². The van der Waals surface area contributed by atoms with Crippen molar-refractivity contribution in [3.63, 3.8) is 0 Å². The Labute approximate surface area is 169 Å². The van der Waals surface area contributed by atoms with Gasteiger partial charge >= 0.3 is 6.18 Å². The van der Waals surface area contributed by atoms with Gasteiger partial charge in [0.05, 0.1) is 0 Å². The van der Waals surface area contributed by atoms with Crippen LogP contribution in [0, 0.1) is 0 Å². The number of nitrogens with zero attached hydrogens (tertiary/aromatic N) is 2. The van der Waals surface area contributed by atoms with E-state index in [1.165, 1.54) is 18.3 Å². The Balaban J connectivity index is 1.61. The number of rotatable bonds is 7. The molecule has 1 amide bonds. The molecule has 0 radical (unpaired) electrons. The highest BCUT2D eigenvalue weighted by molar-refractivity contribution is 7.98. The first kappa shape index (κ1) is 20.7. The SMILES string of the molecule is O=C(Nc1ccc(SCc2cccnc2)cc1)c1cccnc1OCC(F)(F)F. The Morgan fingerprint density at radius 1 is 1.07 bits per heavy atom. The number of ether oxygens (including phenoxy) is 1. The van der Waals surface area contributed by atoms with E-state index in [1.807, 2.05) is 24.3 Å². The van der Waals surface area contributed by atoms with Crippen molar-refractivity contribution < 1.29 is 22.7 Å². The molecule has 0 saturated carbocycles. The highest BCUT2D eigenvalue weighted by Crippen LogP contribution is 2.25. The van der Waals surface area contributed by atoms with E-state index in [0.29, 0.717) is 5.69 Å². The van der Waals surface area contributed by atoms with Gasteiger partial charge in [0.1, 0.15) is 5.56 Å². The maximum absolute atomic E-state index is 12.4. The fourth-order valence-corrected chi connectivity index (χ4v) is 3.14. The average molecular weight is 419 g/mol. The molecule has 9 heteroatoms. The van der Waals surface area contributed by atoms with E-state index in [4.69, 9.17) is 0 Å². The van der Waals surface area contributed by atoms with Crippen LogP contribution in [0.3, 0.4) is 0 Å². The molecular weight excluding hydrogens is 403 g/mol. The van der Waals surface area contributed by atoms with Gasteiger partial charge in [0, 0.05) is 34.9 Å². The van der Waals surface area contributed by atoms with Gasteiger partial charge in [0.2, 0.25) is 5.88 Å². The molecule has 5 nitrogen and oxygen atoms in total. The van der Waals surface area contributed by atoms with Gasteiger partial charge in [-0.3, -0.25) is 9.78 Å². The fourth-order valence-electron chi connectivity index (χ4n) is 2.31. The third-order valence-corrected chi connectivity index (χ3v) is 4.71. The normalized spacial score (nSPS) is 11.1. The first-order valence-electron chi connectivity index (χ1n) is 8.48. The number of anilines is 1. The largest absolute Gasteiger partial charge is 0.467 e. The number of carbonyl (C=O) groups is 1. The quantitative estimate of drug-likeness (QED) is 0.549. The number of carbonyl (C=O) groups excluding carboxylic acids is 1. The summed E-state index contributed by atoms with van der Waals surface area (Å²) >= 11 is 1.62. The van der Waals surface area contributed by atoms with Crippen molar-refractivity contribution in [2.45, 2.75) is 16.8 Å². The third-order valence-electron chi connectivity index (χ3n) is 3.63. The standard InChI is InChI=1S/C20H16F3N3O2S/c21-20(22,23)13-28-19-17(4-2-10-25-19)18(27)26-15-5-7-16(8-6-15)29-12-14-3-1-9-24-11-14/h1-11H,12-13H2,(H,26,27). The molecule has 0 atom stereocenters. The summed E-state index contributed by atoms with van der Waals surface area (Å²) in [6, 6.07) is 13.8. The highest BCUT2D eigenvalue weighted by atomic mass is 32.2. The lowest BCUT2D eigenvalue weighted by Gasteiger charge is -2.12. The van der Waals surface area contributed by atoms with Gasteiger partial charge in [-0.1, -0.05) is 6.07 Å². The zero-order valence-electron chi connectivity index (χ0n) is 15.0. The van der Waals surface area contributed by atoms with Gasteiger partial charge < -0.3 is 10.1 Å². The lowest BCUT2D eigenvalue weighted by atomic mass is 10.2. The Bertz CT molecular complexity index is 951. The molecule has 3 aromatic rings. The second-order valence-corrected chi connectivity index (χ2v) is 6.94. The predicted octanol–water partition coefficient (Wildman–Crippen LogP) is 4.96. The molecule has 2 aromatic heterocycles. The molecule has 1 aromatic carbocycles. The molecule has 0 spiro atoms. The summed E-state index contributed by atoms with van der Waals surface area (Å²) in [5.74, 6) is -0.216. The fraction of sp³-hybridized carbons (Fsp3) is 0.150. The van der Waals surface area contributed by atoms with E-state index in [-0.39, 0.29) is 11.4 Å². The van der Waals surface area contributed by atoms with E-state index in [9.17, 15) is 18.0 Å². The van der Waals surface area contributed by atoms with Crippen molar-refractivity contribution >= 4 is 23.4 Å². The minimum absolute atomic E-state index is 0.0771. The van der Waals surface area contributed by atoms with Gasteiger partial charge in [-0.15, -0.1) is 11.8 Å². The summed E-state index contributed by atoms with van der Waals surface area (Å²) in [6.07, 6.45) is 0.257. The summed E-state index contributed by atoms with van der Waals surface area (Å²) in [4.78, 5) is 21.2. The molecule has 0 bridgehead atoms. The molecule has 0 saturated heterocycles. The first-order valence-corrected chi connectivity index (χ1v) is 9.47. The van der Waals surface area contributed by atoms with E-state index in [1.54, 1.807) is 36.3 Å². The van der Waals surface area contributed by atoms with Crippen LogP contribution in [0.5, 0.6) is 5.88 Å². The molecule has 2 heterocycles. The molecule has 3 rings (SSSR count). The molecule has 0 unspecified atom stereocenters. The van der Waals surface area contributed by atoms with Crippen molar-refractivity contribution in [3.8, 4) is 5.88 Å². The van der Waals surface area contributed by atoms with Gasteiger partial charge in [-0.2, -0.15) is 13.2 Å². The van der Waals surface area contributed by atoms with E-state index in [2.05, 4.69) is 20.0 Å². The topological polar surface area (TPSA) is 64.1 Å². The van der Waals surface area contributed by atoms with Crippen molar-refractivity contribution in [1.29, 1.82) is 0 Å². The molecule has 0 fully saturated rings. The Morgan fingerprint density at radius 2 is 1.83 bits per heavy atom. The third kappa shape index (κ3) is 6.49. The van der Waals surface area contributed by atoms with Crippen LogP contribution in [-0.4, -0.2) is 28.7 Å². The zero-order valence-corrected chi connectivity index (χ0v) is 15.8. The molecule has 1 N–H and O–H groups in total. The van der Waals surface area contributed by atoms with Crippen molar-refractivity contribution in [2.75, 3.05) is 11.9 Å². The van der Waals surface area contributed by atoms with Crippen LogP contribution in [0.15, 0.2) is 72.0 Å². The molecule has 150 valence electrons. The second-order valence-electron chi connectivity index (χ2n) is 5.89. The van der Waals surface area contributed by atoms with Crippen LogP contribution in [-0.2, 0) is 5.75 Å². The minimum atomic E-state index is -4.52. The Kier molecular flexibility index (Phi) is 6.71. The number of hydrogen-bond acceptors (Lipinski definition) is 5. The van der Waals surface area contributed by atoms with Gasteiger partial charge in [-0.05, 0) is 48.0 Å². The van der Waals surface area contributed by atoms with Crippen LogP contribution < -0.4 is 10.1 Å². The molecule has 0 aliphatic heterocycles. The highest BCUT2D eigenvalue weighted by Gasteiger charge is 2.29. The summed E-state index contributed by atoms with van der Waals surface area (Å²) < 4.78 is 41.8. The number of amides is 1. The summed E-state index contributed by atoms with van der Waals surface area (Å²) in [7, 11) is 0. The lowest BCUT2D eigenvalue weighted by molar-refractivity contribution is -0.154. The minimum Gasteiger partial charge on any atom is -0.467 e. The van der Waals surface area contributed by atoms with Crippen LogP contribution in [0.25, 0.3) is 0 Å². The van der Waals surface area contributed by atoms with Gasteiger partial charge in [0.25, 0.3) is 5.91 Å². The predicted molar refractivity (Wildman–Crippen MR) is 104 cm³/mol. The molecule has 29 heavy (non-hydrogen) atoms. The smallest absolute Gasteiger partial charge is 0.422 e. The number of nitrogens with one attached hydrogen (secondary N) is 1. The number of benzene rings is 1. The van der Waals surface area contributed by atoms with Crippen molar-refractivity contribution in [3.05, 3.63) is 78.2 Å². The monoisotopic (exact) mass is 419 g/mol. The zero-order chi connectivity index (χ0) is 20.7. The van der Waals surface area contributed by atoms with Crippen LogP contribution in [0.1, 0.15) is 15.9 Å². The molecular formula is C20H16F3N3O2S. The number of hydrogen-bond donors (Lipinski definition) is 1. The van der Waals surface area contributed by atoms with E-state index < -0.39 is 18.7 Å². The first-order chi connectivity index (χ1) is 13.9. The van der Waals surface area contributed by atoms with Crippen molar-refractivity contribution in [2.24, 2.45) is 0 Å². The van der Waals surface area contributed by atoms with Gasteiger partial charge in [-0.25, -0.2) is 4.98 Å². The molecule has 0 aliphatic carbocycles. The van der Waals surface area contributed by atoms with Crippen LogP contribution in [0.2, 0.25) is 0 Å². The van der Waals surface area contributed by atoms with Gasteiger partial charge in [0.15, 0.2) is 6.61 Å². The Hall–Kier alpha value is -3.07. The summed E-state index contributed by atoms with van der Waals surface area (Å²) in [5, 5.41) is 2.64. The van der Waals surface area contributed by atoms with E-state index >= 15 is 0 Å². The Morgan fingerprint density at radius 3 is 2.52 bits per heavy atom. The lowest BCUT2D eigenvalue weighted by Crippen LogP contribution is -2.21. The number of alkyl halides is 3. The number of aromatic nitrogens is 2. The summed E-state index contributed by atoms with van der Waals surface area (Å²) in [6.45, 7) is -1.52. The maximum Gasteiger partial charge on any atom is 0.422 e. The van der Waals surface area contributed by atoms with Crippen LogP contribution >= 0.6 is 11.8 Å². The second kappa shape index (κ2) is 9.42.